The third-order valence-corrected chi connectivity index (χ3v) is 5.81. The summed E-state index contributed by atoms with van der Waals surface area (Å²) in [7, 11) is 5.98. The topological polar surface area (TPSA) is 66.4 Å². The van der Waals surface area contributed by atoms with E-state index in [0.717, 1.165) is 44.0 Å². The van der Waals surface area contributed by atoms with E-state index in [9.17, 15) is 0 Å². The SMILES string of the molecule is CO[C@@H]1CN(c2ccnc(NCC3(c4ccccn4)CC3)n2)C[C@@H]1N(C)C. The van der Waals surface area contributed by atoms with Crippen LogP contribution in [0.15, 0.2) is 36.7 Å². The molecule has 1 aliphatic carbocycles. The minimum absolute atomic E-state index is 0.130. The summed E-state index contributed by atoms with van der Waals surface area (Å²) in [5.74, 6) is 1.62. The normalized spacial score (nSPS) is 23.6. The maximum absolute atomic E-state index is 5.67. The number of hydrogen-bond acceptors (Lipinski definition) is 7. The van der Waals surface area contributed by atoms with Crippen molar-refractivity contribution in [3.63, 3.8) is 0 Å². The molecule has 2 fully saturated rings. The lowest BCUT2D eigenvalue weighted by atomic mass is 10.0. The molecule has 2 aliphatic rings. The molecule has 7 heteroatoms. The fourth-order valence-corrected chi connectivity index (χ4v) is 3.88. The van der Waals surface area contributed by atoms with Crippen LogP contribution < -0.4 is 10.2 Å². The summed E-state index contributed by atoms with van der Waals surface area (Å²) in [6, 6.07) is 8.47. The number of methoxy groups -OCH3 is 1. The fourth-order valence-electron chi connectivity index (χ4n) is 3.88. The molecule has 27 heavy (non-hydrogen) atoms. The summed E-state index contributed by atoms with van der Waals surface area (Å²) in [4.78, 5) is 18.2. The number of ether oxygens (including phenoxy) is 1. The van der Waals surface area contributed by atoms with Gasteiger partial charge in [0.1, 0.15) is 5.82 Å². The number of rotatable bonds is 7. The van der Waals surface area contributed by atoms with Gasteiger partial charge in [-0.25, -0.2) is 4.98 Å². The van der Waals surface area contributed by atoms with Crippen LogP contribution in [-0.4, -0.2) is 72.8 Å². The zero-order valence-corrected chi connectivity index (χ0v) is 16.3. The highest BCUT2D eigenvalue weighted by atomic mass is 16.5. The number of anilines is 2. The van der Waals surface area contributed by atoms with Gasteiger partial charge in [0.15, 0.2) is 0 Å². The van der Waals surface area contributed by atoms with Gasteiger partial charge in [0.25, 0.3) is 0 Å². The number of hydrogen-bond donors (Lipinski definition) is 1. The molecule has 1 saturated heterocycles. The Balaban J connectivity index is 1.43. The number of aromatic nitrogens is 3. The van der Waals surface area contributed by atoms with Crippen molar-refractivity contribution in [2.75, 3.05) is 51.1 Å². The molecule has 0 radical (unpaired) electrons. The van der Waals surface area contributed by atoms with Crippen LogP contribution in [0, 0.1) is 0 Å². The van der Waals surface area contributed by atoms with Crippen LogP contribution >= 0.6 is 0 Å². The van der Waals surface area contributed by atoms with Gasteiger partial charge in [0.2, 0.25) is 5.95 Å². The second kappa shape index (κ2) is 7.40. The Bertz CT molecular complexity index is 764. The maximum atomic E-state index is 5.67. The van der Waals surface area contributed by atoms with Crippen molar-refractivity contribution < 1.29 is 4.74 Å². The minimum Gasteiger partial charge on any atom is -0.378 e. The average molecular weight is 368 g/mol. The van der Waals surface area contributed by atoms with E-state index >= 15 is 0 Å². The van der Waals surface area contributed by atoms with Gasteiger partial charge < -0.3 is 19.9 Å². The molecule has 2 aromatic heterocycles. The van der Waals surface area contributed by atoms with Crippen LogP contribution in [0.5, 0.6) is 0 Å². The fraction of sp³-hybridized carbons (Fsp3) is 0.550. The molecule has 0 amide bonds. The van der Waals surface area contributed by atoms with Crippen LogP contribution in [-0.2, 0) is 10.2 Å². The van der Waals surface area contributed by atoms with Crippen LogP contribution in [0.2, 0.25) is 0 Å². The molecular weight excluding hydrogens is 340 g/mol. The third-order valence-electron chi connectivity index (χ3n) is 5.81. The predicted octanol–water partition coefficient (Wildman–Crippen LogP) is 1.78. The molecule has 0 spiro atoms. The van der Waals surface area contributed by atoms with Gasteiger partial charge in [-0.15, -0.1) is 0 Å². The molecule has 0 bridgehead atoms. The van der Waals surface area contributed by atoms with Gasteiger partial charge in [-0.1, -0.05) is 6.07 Å². The number of pyridine rings is 1. The summed E-state index contributed by atoms with van der Waals surface area (Å²) in [5.41, 5.74) is 1.29. The Morgan fingerprint density at radius 3 is 2.67 bits per heavy atom. The van der Waals surface area contributed by atoms with E-state index in [4.69, 9.17) is 9.72 Å². The van der Waals surface area contributed by atoms with Crippen molar-refractivity contribution in [1.29, 1.82) is 0 Å². The molecular formula is C20H28N6O. The predicted molar refractivity (Wildman–Crippen MR) is 106 cm³/mol. The molecule has 7 nitrogen and oxygen atoms in total. The largest absolute Gasteiger partial charge is 0.378 e. The molecule has 2 atom stereocenters. The zero-order chi connectivity index (χ0) is 18.9. The van der Waals surface area contributed by atoms with Crippen molar-refractivity contribution >= 4 is 11.8 Å². The van der Waals surface area contributed by atoms with Crippen molar-refractivity contribution in [3.8, 4) is 0 Å². The first kappa shape index (κ1) is 18.1. The van der Waals surface area contributed by atoms with E-state index in [-0.39, 0.29) is 11.5 Å². The molecule has 4 rings (SSSR count). The minimum atomic E-state index is 0.130. The van der Waals surface area contributed by atoms with E-state index in [1.165, 1.54) is 0 Å². The van der Waals surface area contributed by atoms with E-state index in [1.54, 1.807) is 7.11 Å². The Kier molecular flexibility index (Phi) is 4.97. The first-order chi connectivity index (χ1) is 13.1. The van der Waals surface area contributed by atoms with Crippen molar-refractivity contribution in [2.24, 2.45) is 0 Å². The van der Waals surface area contributed by atoms with Crippen molar-refractivity contribution in [1.82, 2.24) is 19.9 Å². The second-order valence-corrected chi connectivity index (χ2v) is 7.80. The second-order valence-electron chi connectivity index (χ2n) is 7.80. The summed E-state index contributed by atoms with van der Waals surface area (Å²) in [6.07, 6.45) is 6.19. The summed E-state index contributed by atoms with van der Waals surface area (Å²) >= 11 is 0. The average Bonchev–Trinajstić information content (AvgIpc) is 3.37. The van der Waals surface area contributed by atoms with Crippen molar-refractivity contribution in [2.45, 2.75) is 30.4 Å². The molecule has 1 aliphatic heterocycles. The molecule has 144 valence electrons. The number of likely N-dealkylation sites (N-methyl/N-ethyl adjacent to an activating group) is 1. The van der Waals surface area contributed by atoms with Crippen LogP contribution in [0.4, 0.5) is 11.8 Å². The maximum Gasteiger partial charge on any atom is 0.224 e. The van der Waals surface area contributed by atoms with Crippen LogP contribution in [0.3, 0.4) is 0 Å². The smallest absolute Gasteiger partial charge is 0.224 e. The van der Waals surface area contributed by atoms with Crippen molar-refractivity contribution in [3.05, 3.63) is 42.4 Å². The summed E-state index contributed by atoms with van der Waals surface area (Å²) in [6.45, 7) is 2.56. The van der Waals surface area contributed by atoms with E-state index in [2.05, 4.69) is 51.3 Å². The third kappa shape index (κ3) is 3.75. The molecule has 0 aromatic carbocycles. The van der Waals surface area contributed by atoms with Gasteiger partial charge >= 0.3 is 0 Å². The highest BCUT2D eigenvalue weighted by Gasteiger charge is 2.45. The highest BCUT2D eigenvalue weighted by Crippen LogP contribution is 2.47. The molecule has 2 aromatic rings. The Hall–Kier alpha value is -2.25. The molecule has 1 saturated carbocycles. The zero-order valence-electron chi connectivity index (χ0n) is 16.3. The lowest BCUT2D eigenvalue weighted by Crippen LogP contribution is -2.39. The summed E-state index contributed by atoms with van der Waals surface area (Å²) in [5, 5.41) is 3.44. The van der Waals surface area contributed by atoms with E-state index < -0.39 is 0 Å². The lowest BCUT2D eigenvalue weighted by molar-refractivity contribution is 0.0639. The standard InChI is InChI=1S/C20H28N6O/c1-25(2)15-12-26(13-16(15)27-3)18-7-11-22-19(24-18)23-14-20(8-9-20)17-6-4-5-10-21-17/h4-7,10-11,15-16H,8-9,12-14H2,1-3H3,(H,22,23,24)/t15-,16+/m0/s1. The quantitative estimate of drug-likeness (QED) is 0.799. The first-order valence-corrected chi connectivity index (χ1v) is 9.54. The van der Waals surface area contributed by atoms with Gasteiger partial charge in [0, 0.05) is 50.2 Å². The van der Waals surface area contributed by atoms with Gasteiger partial charge in [-0.05, 0) is 45.1 Å². The monoisotopic (exact) mass is 368 g/mol. The number of nitrogens with zero attached hydrogens (tertiary/aromatic N) is 5. The molecule has 3 heterocycles. The first-order valence-electron chi connectivity index (χ1n) is 9.54. The van der Waals surface area contributed by atoms with Crippen LogP contribution in [0.25, 0.3) is 0 Å². The van der Waals surface area contributed by atoms with Crippen LogP contribution in [0.1, 0.15) is 18.5 Å². The Labute approximate surface area is 160 Å². The van der Waals surface area contributed by atoms with E-state index in [0.29, 0.717) is 12.0 Å². The number of nitrogens with one attached hydrogen (secondary N) is 1. The Morgan fingerprint density at radius 2 is 2.04 bits per heavy atom. The lowest BCUT2D eigenvalue weighted by Gasteiger charge is -2.23. The summed E-state index contributed by atoms with van der Waals surface area (Å²) < 4.78 is 5.67. The Morgan fingerprint density at radius 1 is 1.19 bits per heavy atom. The van der Waals surface area contributed by atoms with E-state index in [1.807, 2.05) is 24.5 Å². The molecule has 0 unspecified atom stereocenters. The van der Waals surface area contributed by atoms with Gasteiger partial charge in [0.05, 0.1) is 12.1 Å². The molecule has 1 N–H and O–H groups in total. The van der Waals surface area contributed by atoms with Gasteiger partial charge in [-0.2, -0.15) is 4.98 Å². The highest BCUT2D eigenvalue weighted by molar-refractivity contribution is 5.45. The van der Waals surface area contributed by atoms with Gasteiger partial charge in [-0.3, -0.25) is 4.98 Å².